The van der Waals surface area contributed by atoms with E-state index < -0.39 is 11.7 Å². The zero-order valence-corrected chi connectivity index (χ0v) is 13.3. The van der Waals surface area contributed by atoms with Crippen molar-refractivity contribution in [1.82, 2.24) is 4.98 Å². The van der Waals surface area contributed by atoms with Crippen LogP contribution in [0.25, 0.3) is 0 Å². The van der Waals surface area contributed by atoms with Crippen LogP contribution < -0.4 is 10.6 Å². The lowest BCUT2D eigenvalue weighted by molar-refractivity contribution is -0.137. The van der Waals surface area contributed by atoms with Gasteiger partial charge in [-0.1, -0.05) is 19.9 Å². The van der Waals surface area contributed by atoms with Crippen molar-refractivity contribution in [3.05, 3.63) is 48.2 Å². The molecular formula is C17H18F3N3O. The van der Waals surface area contributed by atoms with E-state index in [1.54, 1.807) is 12.1 Å². The minimum atomic E-state index is -4.39. The van der Waals surface area contributed by atoms with Crippen LogP contribution in [0.3, 0.4) is 0 Å². The van der Waals surface area contributed by atoms with Crippen molar-refractivity contribution in [2.75, 3.05) is 10.6 Å². The molecule has 24 heavy (non-hydrogen) atoms. The third-order valence-corrected chi connectivity index (χ3v) is 3.10. The predicted octanol–water partition coefficient (Wildman–Crippen LogP) is 4.83. The molecule has 4 nitrogen and oxygen atoms in total. The van der Waals surface area contributed by atoms with Crippen molar-refractivity contribution in [1.29, 1.82) is 0 Å². The summed E-state index contributed by atoms with van der Waals surface area (Å²) in [5, 5.41) is 5.52. The standard InChI is InChI=1S/C17H18F3N3O/c1-11(2)8-16(24)23-15-7-6-14(10-21-15)22-13-5-3-4-12(9-13)17(18,19)20/h3-7,9-11,22H,8H2,1-2H3,(H,21,23,24). The van der Waals surface area contributed by atoms with Crippen LogP contribution in [-0.2, 0) is 11.0 Å². The highest BCUT2D eigenvalue weighted by Crippen LogP contribution is 2.31. The number of pyridine rings is 1. The Labute approximate surface area is 138 Å². The molecule has 7 heteroatoms. The van der Waals surface area contributed by atoms with Crippen molar-refractivity contribution >= 4 is 23.1 Å². The third-order valence-electron chi connectivity index (χ3n) is 3.10. The van der Waals surface area contributed by atoms with E-state index in [2.05, 4.69) is 15.6 Å². The van der Waals surface area contributed by atoms with Crippen LogP contribution >= 0.6 is 0 Å². The summed E-state index contributed by atoms with van der Waals surface area (Å²) in [6, 6.07) is 8.13. The normalized spacial score (nSPS) is 11.4. The van der Waals surface area contributed by atoms with Crippen LogP contribution in [-0.4, -0.2) is 10.9 Å². The third kappa shape index (κ3) is 5.26. The van der Waals surface area contributed by atoms with Gasteiger partial charge in [-0.15, -0.1) is 0 Å². The first-order valence-corrected chi connectivity index (χ1v) is 7.44. The van der Waals surface area contributed by atoms with Crippen molar-refractivity contribution in [3.8, 4) is 0 Å². The Morgan fingerprint density at radius 2 is 1.92 bits per heavy atom. The Bertz CT molecular complexity index is 697. The van der Waals surface area contributed by atoms with E-state index in [1.165, 1.54) is 18.3 Å². The first-order valence-electron chi connectivity index (χ1n) is 7.44. The quantitative estimate of drug-likeness (QED) is 0.822. The lowest BCUT2D eigenvalue weighted by atomic mass is 10.1. The Balaban J connectivity index is 2.03. The van der Waals surface area contributed by atoms with Gasteiger partial charge in [0, 0.05) is 12.1 Å². The molecule has 0 radical (unpaired) electrons. The largest absolute Gasteiger partial charge is 0.416 e. The summed E-state index contributed by atoms with van der Waals surface area (Å²) in [5.41, 5.74) is 0.109. The molecule has 0 saturated carbocycles. The molecule has 0 fully saturated rings. The minimum absolute atomic E-state index is 0.129. The van der Waals surface area contributed by atoms with Crippen LogP contribution in [0.4, 0.5) is 30.4 Å². The molecule has 0 aliphatic heterocycles. The molecule has 2 rings (SSSR count). The highest BCUT2D eigenvalue weighted by molar-refractivity contribution is 5.89. The summed E-state index contributed by atoms with van der Waals surface area (Å²) in [6.45, 7) is 3.88. The second-order valence-corrected chi connectivity index (χ2v) is 5.78. The van der Waals surface area contributed by atoms with Crippen LogP contribution in [0.15, 0.2) is 42.6 Å². The number of hydrogen-bond acceptors (Lipinski definition) is 3. The van der Waals surface area contributed by atoms with Gasteiger partial charge in [0.2, 0.25) is 5.91 Å². The molecule has 1 amide bonds. The monoisotopic (exact) mass is 337 g/mol. The smallest absolute Gasteiger partial charge is 0.354 e. The number of carbonyl (C=O) groups is 1. The molecule has 2 N–H and O–H groups in total. The molecule has 1 heterocycles. The Kier molecular flexibility index (Phi) is 5.43. The lowest BCUT2D eigenvalue weighted by Crippen LogP contribution is -2.14. The predicted molar refractivity (Wildman–Crippen MR) is 87.0 cm³/mol. The molecule has 0 atom stereocenters. The van der Waals surface area contributed by atoms with Crippen LogP contribution in [0.1, 0.15) is 25.8 Å². The maximum Gasteiger partial charge on any atom is 0.416 e. The van der Waals surface area contributed by atoms with Crippen LogP contribution in [0, 0.1) is 5.92 Å². The van der Waals surface area contributed by atoms with Gasteiger partial charge >= 0.3 is 6.18 Å². The number of alkyl halides is 3. The van der Waals surface area contributed by atoms with Crippen molar-refractivity contribution < 1.29 is 18.0 Å². The molecule has 1 aromatic heterocycles. The Morgan fingerprint density at radius 3 is 2.50 bits per heavy atom. The van der Waals surface area contributed by atoms with Crippen LogP contribution in [0.2, 0.25) is 0 Å². The number of aromatic nitrogens is 1. The molecule has 0 aliphatic carbocycles. The average Bonchev–Trinajstić information content (AvgIpc) is 2.48. The van der Waals surface area contributed by atoms with Gasteiger partial charge in [-0.3, -0.25) is 4.79 Å². The van der Waals surface area contributed by atoms with Crippen molar-refractivity contribution in [2.24, 2.45) is 5.92 Å². The van der Waals surface area contributed by atoms with E-state index in [-0.39, 0.29) is 11.8 Å². The second-order valence-electron chi connectivity index (χ2n) is 5.78. The van der Waals surface area contributed by atoms with E-state index in [0.717, 1.165) is 12.1 Å². The lowest BCUT2D eigenvalue weighted by Gasteiger charge is -2.11. The fourth-order valence-corrected chi connectivity index (χ4v) is 2.05. The average molecular weight is 337 g/mol. The number of amides is 1. The number of nitrogens with zero attached hydrogens (tertiary/aromatic N) is 1. The van der Waals surface area contributed by atoms with Gasteiger partial charge in [-0.2, -0.15) is 13.2 Å². The summed E-state index contributed by atoms with van der Waals surface area (Å²) < 4.78 is 38.1. The summed E-state index contributed by atoms with van der Waals surface area (Å²) in [6.07, 6.45) is -2.54. The van der Waals surface area contributed by atoms with E-state index >= 15 is 0 Å². The first-order chi connectivity index (χ1) is 11.2. The maximum atomic E-state index is 12.7. The van der Waals surface area contributed by atoms with E-state index in [0.29, 0.717) is 23.6 Å². The number of benzene rings is 1. The van der Waals surface area contributed by atoms with Gasteiger partial charge < -0.3 is 10.6 Å². The molecule has 1 aromatic carbocycles. The van der Waals surface area contributed by atoms with Gasteiger partial charge in [0.1, 0.15) is 5.82 Å². The zero-order valence-electron chi connectivity index (χ0n) is 13.3. The van der Waals surface area contributed by atoms with E-state index in [9.17, 15) is 18.0 Å². The van der Waals surface area contributed by atoms with Gasteiger partial charge in [0.25, 0.3) is 0 Å². The van der Waals surface area contributed by atoms with E-state index in [4.69, 9.17) is 0 Å². The SMILES string of the molecule is CC(C)CC(=O)Nc1ccc(Nc2cccc(C(F)(F)F)c2)cn1. The minimum Gasteiger partial charge on any atom is -0.354 e. The molecule has 2 aromatic rings. The van der Waals surface area contributed by atoms with Crippen molar-refractivity contribution in [3.63, 3.8) is 0 Å². The highest BCUT2D eigenvalue weighted by atomic mass is 19.4. The zero-order chi connectivity index (χ0) is 17.7. The number of anilines is 3. The van der Waals surface area contributed by atoms with Gasteiger partial charge in [0.15, 0.2) is 0 Å². The topological polar surface area (TPSA) is 54.0 Å². The summed E-state index contributed by atoms with van der Waals surface area (Å²) >= 11 is 0. The highest BCUT2D eigenvalue weighted by Gasteiger charge is 2.30. The number of hydrogen-bond donors (Lipinski definition) is 2. The summed E-state index contributed by atoms with van der Waals surface area (Å²) in [7, 11) is 0. The molecule has 0 bridgehead atoms. The number of nitrogens with one attached hydrogen (secondary N) is 2. The number of halogens is 3. The first kappa shape index (κ1) is 17.8. The van der Waals surface area contributed by atoms with E-state index in [1.807, 2.05) is 13.8 Å². The number of carbonyl (C=O) groups excluding carboxylic acids is 1. The summed E-state index contributed by atoms with van der Waals surface area (Å²) in [4.78, 5) is 15.7. The fraction of sp³-hybridized carbons (Fsp3) is 0.294. The van der Waals surface area contributed by atoms with Gasteiger partial charge in [-0.25, -0.2) is 4.98 Å². The maximum absolute atomic E-state index is 12.7. The Hall–Kier alpha value is -2.57. The Morgan fingerprint density at radius 1 is 1.17 bits per heavy atom. The van der Waals surface area contributed by atoms with Gasteiger partial charge in [0.05, 0.1) is 17.4 Å². The number of rotatable bonds is 5. The molecule has 128 valence electrons. The molecule has 0 saturated heterocycles. The second kappa shape index (κ2) is 7.33. The molecular weight excluding hydrogens is 319 g/mol. The summed E-state index contributed by atoms with van der Waals surface area (Å²) in [5.74, 6) is 0.512. The molecule has 0 spiro atoms. The van der Waals surface area contributed by atoms with Crippen molar-refractivity contribution in [2.45, 2.75) is 26.4 Å². The molecule has 0 unspecified atom stereocenters. The van der Waals surface area contributed by atoms with Gasteiger partial charge in [-0.05, 0) is 36.2 Å². The van der Waals surface area contributed by atoms with Crippen LogP contribution in [0.5, 0.6) is 0 Å². The fourth-order valence-electron chi connectivity index (χ4n) is 2.05. The molecule has 0 aliphatic rings.